The Morgan fingerprint density at radius 1 is 1.16 bits per heavy atom. The molecule has 0 aliphatic carbocycles. The van der Waals surface area contributed by atoms with Gasteiger partial charge in [-0.2, -0.15) is 0 Å². The van der Waals surface area contributed by atoms with Crippen molar-refractivity contribution >= 4 is 17.5 Å². The maximum Gasteiger partial charge on any atom is 0.223 e. The standard InChI is InChI=1S/C19H21FN2O3/c1-14(23)22(16-7-5-8-17(12-16)25-2)11-10-19(24)21-13-15-6-3-4-9-18(15)20/h3-9,12H,10-11,13H2,1-2H3,(H,21,24). The maximum absolute atomic E-state index is 13.5. The van der Waals surface area contributed by atoms with Crippen LogP contribution < -0.4 is 15.0 Å². The molecule has 0 radical (unpaired) electrons. The third kappa shape index (κ3) is 5.31. The van der Waals surface area contributed by atoms with Crippen LogP contribution in [0.5, 0.6) is 5.75 Å². The lowest BCUT2D eigenvalue weighted by molar-refractivity contribution is -0.121. The summed E-state index contributed by atoms with van der Waals surface area (Å²) in [5, 5.41) is 2.67. The van der Waals surface area contributed by atoms with Gasteiger partial charge in [0, 0.05) is 43.8 Å². The van der Waals surface area contributed by atoms with E-state index in [-0.39, 0.29) is 37.1 Å². The van der Waals surface area contributed by atoms with Gasteiger partial charge in [0.25, 0.3) is 0 Å². The van der Waals surface area contributed by atoms with Crippen LogP contribution in [0.4, 0.5) is 10.1 Å². The number of methoxy groups -OCH3 is 1. The van der Waals surface area contributed by atoms with Crippen LogP contribution in [0.1, 0.15) is 18.9 Å². The van der Waals surface area contributed by atoms with Gasteiger partial charge >= 0.3 is 0 Å². The van der Waals surface area contributed by atoms with Gasteiger partial charge in [0.05, 0.1) is 7.11 Å². The molecule has 25 heavy (non-hydrogen) atoms. The Morgan fingerprint density at radius 3 is 2.60 bits per heavy atom. The van der Waals surface area contributed by atoms with Gasteiger partial charge in [0.2, 0.25) is 11.8 Å². The minimum Gasteiger partial charge on any atom is -0.497 e. The summed E-state index contributed by atoms with van der Waals surface area (Å²) in [6.07, 6.45) is 0.116. The van der Waals surface area contributed by atoms with E-state index in [1.165, 1.54) is 17.9 Å². The first-order valence-electron chi connectivity index (χ1n) is 7.93. The summed E-state index contributed by atoms with van der Waals surface area (Å²) in [5.74, 6) is -0.148. The van der Waals surface area contributed by atoms with Crippen molar-refractivity contribution in [1.82, 2.24) is 5.32 Å². The van der Waals surface area contributed by atoms with Crippen molar-refractivity contribution < 1.29 is 18.7 Å². The summed E-state index contributed by atoms with van der Waals surface area (Å²) >= 11 is 0. The minimum atomic E-state index is -0.357. The lowest BCUT2D eigenvalue weighted by Gasteiger charge is -2.21. The lowest BCUT2D eigenvalue weighted by Crippen LogP contribution is -2.33. The molecular weight excluding hydrogens is 323 g/mol. The zero-order chi connectivity index (χ0) is 18.2. The highest BCUT2D eigenvalue weighted by molar-refractivity contribution is 5.92. The molecule has 0 heterocycles. The fourth-order valence-corrected chi connectivity index (χ4v) is 2.38. The van der Waals surface area contributed by atoms with Gasteiger partial charge in [0.1, 0.15) is 11.6 Å². The molecule has 2 aromatic rings. The molecule has 0 saturated heterocycles. The van der Waals surface area contributed by atoms with Gasteiger partial charge < -0.3 is 15.0 Å². The number of carbonyl (C=O) groups excluding carboxylic acids is 2. The van der Waals surface area contributed by atoms with Crippen LogP contribution in [0.3, 0.4) is 0 Å². The zero-order valence-corrected chi connectivity index (χ0v) is 14.3. The number of nitrogens with one attached hydrogen (secondary N) is 1. The first-order chi connectivity index (χ1) is 12.0. The van der Waals surface area contributed by atoms with Crippen LogP contribution in [-0.2, 0) is 16.1 Å². The highest BCUT2D eigenvalue weighted by atomic mass is 19.1. The highest BCUT2D eigenvalue weighted by Crippen LogP contribution is 2.21. The molecule has 2 aromatic carbocycles. The van der Waals surface area contributed by atoms with Gasteiger partial charge in [-0.05, 0) is 18.2 Å². The van der Waals surface area contributed by atoms with Crippen LogP contribution in [-0.4, -0.2) is 25.5 Å². The summed E-state index contributed by atoms with van der Waals surface area (Å²) in [6, 6.07) is 13.4. The highest BCUT2D eigenvalue weighted by Gasteiger charge is 2.14. The quantitative estimate of drug-likeness (QED) is 0.840. The number of halogens is 1. The molecule has 0 aliphatic rings. The summed E-state index contributed by atoms with van der Waals surface area (Å²) < 4.78 is 18.7. The summed E-state index contributed by atoms with van der Waals surface area (Å²) in [4.78, 5) is 25.4. The maximum atomic E-state index is 13.5. The Hall–Kier alpha value is -2.89. The van der Waals surface area contributed by atoms with E-state index in [1.807, 2.05) is 0 Å². The zero-order valence-electron chi connectivity index (χ0n) is 14.3. The first kappa shape index (κ1) is 18.4. The van der Waals surface area contributed by atoms with E-state index in [4.69, 9.17) is 4.74 Å². The average Bonchev–Trinajstić information content (AvgIpc) is 2.61. The predicted octanol–water partition coefficient (Wildman–Crippen LogP) is 2.89. The number of nitrogens with zero attached hydrogens (tertiary/aromatic N) is 1. The van der Waals surface area contributed by atoms with Crippen LogP contribution in [0, 0.1) is 5.82 Å². The molecule has 6 heteroatoms. The van der Waals surface area contributed by atoms with E-state index in [9.17, 15) is 14.0 Å². The second-order valence-corrected chi connectivity index (χ2v) is 5.49. The average molecular weight is 344 g/mol. The monoisotopic (exact) mass is 344 g/mol. The van der Waals surface area contributed by atoms with E-state index < -0.39 is 0 Å². The topological polar surface area (TPSA) is 58.6 Å². The number of rotatable bonds is 7. The molecule has 0 saturated carbocycles. The van der Waals surface area contributed by atoms with Crippen molar-refractivity contribution in [3.8, 4) is 5.75 Å². The van der Waals surface area contributed by atoms with Gasteiger partial charge in [-0.1, -0.05) is 24.3 Å². The number of ether oxygens (including phenoxy) is 1. The van der Waals surface area contributed by atoms with Crippen LogP contribution in [0.15, 0.2) is 48.5 Å². The second-order valence-electron chi connectivity index (χ2n) is 5.49. The largest absolute Gasteiger partial charge is 0.497 e. The van der Waals surface area contributed by atoms with Gasteiger partial charge in [-0.25, -0.2) is 4.39 Å². The summed E-state index contributed by atoms with van der Waals surface area (Å²) in [5.41, 5.74) is 1.08. The molecule has 132 valence electrons. The summed E-state index contributed by atoms with van der Waals surface area (Å²) in [7, 11) is 1.55. The Kier molecular flexibility index (Phi) is 6.51. The number of benzene rings is 2. The van der Waals surface area contributed by atoms with Gasteiger partial charge in [-0.3, -0.25) is 9.59 Å². The van der Waals surface area contributed by atoms with Crippen LogP contribution >= 0.6 is 0 Å². The van der Waals surface area contributed by atoms with Crippen molar-refractivity contribution in [2.24, 2.45) is 0 Å². The third-order valence-corrected chi connectivity index (χ3v) is 3.74. The molecule has 2 amide bonds. The van der Waals surface area contributed by atoms with E-state index in [1.54, 1.807) is 49.6 Å². The lowest BCUT2D eigenvalue weighted by atomic mass is 10.2. The van der Waals surface area contributed by atoms with Crippen molar-refractivity contribution in [2.45, 2.75) is 19.9 Å². The first-order valence-corrected chi connectivity index (χ1v) is 7.93. The van der Waals surface area contributed by atoms with Crippen LogP contribution in [0.25, 0.3) is 0 Å². The Morgan fingerprint density at radius 2 is 1.92 bits per heavy atom. The van der Waals surface area contributed by atoms with E-state index in [0.717, 1.165) is 0 Å². The Bertz CT molecular complexity index is 749. The summed E-state index contributed by atoms with van der Waals surface area (Å²) in [6.45, 7) is 1.78. The van der Waals surface area contributed by atoms with Gasteiger partial charge in [-0.15, -0.1) is 0 Å². The molecule has 0 spiro atoms. The number of hydrogen-bond donors (Lipinski definition) is 1. The van der Waals surface area contributed by atoms with E-state index in [2.05, 4.69) is 5.32 Å². The molecule has 0 atom stereocenters. The molecule has 0 bridgehead atoms. The molecule has 5 nitrogen and oxygen atoms in total. The molecular formula is C19H21FN2O3. The third-order valence-electron chi connectivity index (χ3n) is 3.74. The normalized spacial score (nSPS) is 10.2. The molecule has 0 unspecified atom stereocenters. The fraction of sp³-hybridized carbons (Fsp3) is 0.263. The Labute approximate surface area is 146 Å². The minimum absolute atomic E-state index is 0.116. The van der Waals surface area contributed by atoms with Crippen molar-refractivity contribution in [3.05, 3.63) is 59.9 Å². The number of amides is 2. The van der Waals surface area contributed by atoms with Gasteiger partial charge in [0.15, 0.2) is 0 Å². The van der Waals surface area contributed by atoms with E-state index >= 15 is 0 Å². The molecule has 2 rings (SSSR count). The van der Waals surface area contributed by atoms with Crippen LogP contribution in [0.2, 0.25) is 0 Å². The number of carbonyl (C=O) groups is 2. The molecule has 1 N–H and O–H groups in total. The Balaban J connectivity index is 1.93. The number of hydrogen-bond acceptors (Lipinski definition) is 3. The molecule has 0 aliphatic heterocycles. The van der Waals surface area contributed by atoms with E-state index in [0.29, 0.717) is 17.0 Å². The van der Waals surface area contributed by atoms with Crippen molar-refractivity contribution in [2.75, 3.05) is 18.6 Å². The van der Waals surface area contributed by atoms with Crippen molar-refractivity contribution in [3.63, 3.8) is 0 Å². The molecule has 0 aromatic heterocycles. The fourth-order valence-electron chi connectivity index (χ4n) is 2.38. The molecule has 0 fully saturated rings. The predicted molar refractivity (Wildman–Crippen MR) is 93.9 cm³/mol. The number of anilines is 1. The SMILES string of the molecule is COc1cccc(N(CCC(=O)NCc2ccccc2F)C(C)=O)c1. The second kappa shape index (κ2) is 8.82. The smallest absolute Gasteiger partial charge is 0.223 e. The van der Waals surface area contributed by atoms with Crippen molar-refractivity contribution in [1.29, 1.82) is 0 Å².